The third kappa shape index (κ3) is 6.43. The number of nitrogens with one attached hydrogen (secondary N) is 2. The van der Waals surface area contributed by atoms with Gasteiger partial charge in [0.2, 0.25) is 0 Å². The number of amidine groups is 2. The van der Waals surface area contributed by atoms with Gasteiger partial charge in [-0.25, -0.2) is 15.0 Å². The van der Waals surface area contributed by atoms with Crippen molar-refractivity contribution in [3.63, 3.8) is 0 Å². The van der Waals surface area contributed by atoms with Crippen molar-refractivity contribution in [3.05, 3.63) is 210 Å². The van der Waals surface area contributed by atoms with Crippen LogP contribution >= 0.6 is 0 Å². The van der Waals surface area contributed by atoms with Crippen molar-refractivity contribution in [1.82, 2.24) is 20.6 Å². The van der Waals surface area contributed by atoms with Gasteiger partial charge >= 0.3 is 0 Å². The number of rotatable bonds is 7. The van der Waals surface area contributed by atoms with E-state index < -0.39 is 0 Å². The Balaban J connectivity index is 1.08. The van der Waals surface area contributed by atoms with E-state index in [1.54, 1.807) is 0 Å². The lowest BCUT2D eigenvalue weighted by Crippen LogP contribution is -2.33. The van der Waals surface area contributed by atoms with E-state index in [1.807, 2.05) is 60.9 Å². The van der Waals surface area contributed by atoms with Gasteiger partial charge in [0.05, 0.1) is 16.7 Å². The van der Waals surface area contributed by atoms with E-state index >= 15 is 0 Å². The molecule has 0 bridgehead atoms. The molecule has 4 heterocycles. The molecule has 1 atom stereocenters. The molecular formula is C50H36N6. The summed E-state index contributed by atoms with van der Waals surface area (Å²) in [4.78, 5) is 20.0. The second-order valence-electron chi connectivity index (χ2n) is 14.0. The third-order valence-corrected chi connectivity index (χ3v) is 10.4. The first kappa shape index (κ1) is 33.2. The van der Waals surface area contributed by atoms with Crippen LogP contribution in [0.3, 0.4) is 0 Å². The van der Waals surface area contributed by atoms with Crippen LogP contribution in [-0.2, 0) is 6.54 Å². The smallest absolute Gasteiger partial charge is 0.159 e. The Morgan fingerprint density at radius 3 is 1.75 bits per heavy atom. The lowest BCUT2D eigenvalue weighted by Gasteiger charge is -2.25. The molecule has 56 heavy (non-hydrogen) atoms. The highest BCUT2D eigenvalue weighted by molar-refractivity contribution is 6.13. The van der Waals surface area contributed by atoms with Crippen molar-refractivity contribution in [2.75, 3.05) is 0 Å². The van der Waals surface area contributed by atoms with Crippen molar-refractivity contribution in [1.29, 1.82) is 0 Å². The summed E-state index contributed by atoms with van der Waals surface area (Å²) in [7, 11) is 0. The number of benzene rings is 6. The Kier molecular flexibility index (Phi) is 8.54. The Morgan fingerprint density at radius 1 is 0.518 bits per heavy atom. The summed E-state index contributed by atoms with van der Waals surface area (Å²) in [5, 5.41) is 7.04. The number of fused-ring (bicyclic) bond motifs is 3. The lowest BCUT2D eigenvalue weighted by molar-refractivity contribution is 0.674. The van der Waals surface area contributed by atoms with Crippen LogP contribution in [0.25, 0.3) is 61.7 Å². The van der Waals surface area contributed by atoms with Crippen LogP contribution in [0.1, 0.15) is 34.0 Å². The SMILES string of the molecule is C1=Cc2c(-c3ccc(-c4cc(-c5ccc(-c6ccccc6)cc5)cc(C5N=C(c6ccccc6)N=C(c6ccccc6)N5)c4)cc3)nc3cccnc3c2CN1. The molecule has 0 radical (unpaired) electrons. The van der Waals surface area contributed by atoms with Gasteiger partial charge in [0.15, 0.2) is 5.84 Å². The molecule has 6 nitrogen and oxygen atoms in total. The standard InChI is InChI=1S/C50H36N6/c1-4-11-33(12-5-1)34-18-20-35(21-19-34)40-29-41(36-22-24-37(25-23-36)46-43-26-28-51-32-44(43)47-45(53-46)17-10-27-52-47)31-42(30-40)50-55-48(38-13-6-2-7-14-38)54-49(56-50)39-15-8-3-9-16-39/h1-31,50-51H,32H2,(H,54,55,56). The molecule has 1 unspecified atom stereocenters. The largest absolute Gasteiger partial charge is 0.387 e. The van der Waals surface area contributed by atoms with Crippen molar-refractivity contribution < 1.29 is 0 Å². The van der Waals surface area contributed by atoms with Gasteiger partial charge in [0.1, 0.15) is 12.0 Å². The summed E-state index contributed by atoms with van der Waals surface area (Å²) < 4.78 is 0. The van der Waals surface area contributed by atoms with E-state index in [-0.39, 0.29) is 6.17 Å². The molecule has 6 heteroatoms. The Labute approximate surface area is 325 Å². The molecule has 6 aromatic carbocycles. The maximum absolute atomic E-state index is 5.23. The monoisotopic (exact) mass is 720 g/mol. The fourth-order valence-electron chi connectivity index (χ4n) is 7.58. The Bertz CT molecular complexity index is 2790. The molecule has 10 rings (SSSR count). The van der Waals surface area contributed by atoms with Gasteiger partial charge in [-0.3, -0.25) is 4.98 Å². The van der Waals surface area contributed by atoms with E-state index in [4.69, 9.17) is 15.0 Å². The van der Waals surface area contributed by atoms with Crippen LogP contribution < -0.4 is 10.6 Å². The molecule has 0 aliphatic carbocycles. The van der Waals surface area contributed by atoms with Crippen molar-refractivity contribution in [2.45, 2.75) is 12.7 Å². The van der Waals surface area contributed by atoms with Crippen LogP contribution in [-0.4, -0.2) is 21.6 Å². The van der Waals surface area contributed by atoms with Gasteiger partial charge in [-0.1, -0.05) is 140 Å². The zero-order valence-corrected chi connectivity index (χ0v) is 30.5. The van der Waals surface area contributed by atoms with Gasteiger partial charge < -0.3 is 10.6 Å². The number of aliphatic imine (C=N–C) groups is 2. The molecule has 2 aliphatic heterocycles. The summed E-state index contributed by atoms with van der Waals surface area (Å²) in [5.41, 5.74) is 16.0. The minimum atomic E-state index is -0.373. The van der Waals surface area contributed by atoms with Gasteiger partial charge in [-0.05, 0) is 81.6 Å². The first-order chi connectivity index (χ1) is 27.7. The minimum absolute atomic E-state index is 0.373. The van der Waals surface area contributed by atoms with Crippen LogP contribution in [0.4, 0.5) is 0 Å². The van der Waals surface area contributed by atoms with Gasteiger partial charge in [0, 0.05) is 40.6 Å². The topological polar surface area (TPSA) is 74.6 Å². The Hall–Kier alpha value is -7.44. The number of hydrogen-bond acceptors (Lipinski definition) is 6. The van der Waals surface area contributed by atoms with Crippen LogP contribution in [0.2, 0.25) is 0 Å². The molecule has 266 valence electrons. The second kappa shape index (κ2) is 14.4. The Morgan fingerprint density at radius 2 is 1.09 bits per heavy atom. The van der Waals surface area contributed by atoms with Gasteiger partial charge in [-0.15, -0.1) is 0 Å². The maximum atomic E-state index is 5.23. The van der Waals surface area contributed by atoms with Crippen LogP contribution in [0.5, 0.6) is 0 Å². The number of aromatic nitrogens is 2. The molecule has 0 amide bonds. The minimum Gasteiger partial charge on any atom is -0.387 e. The highest BCUT2D eigenvalue weighted by Crippen LogP contribution is 2.36. The zero-order valence-electron chi connectivity index (χ0n) is 30.5. The number of pyridine rings is 2. The highest BCUT2D eigenvalue weighted by atomic mass is 15.2. The first-order valence-corrected chi connectivity index (χ1v) is 18.9. The molecule has 0 spiro atoms. The molecule has 2 N–H and O–H groups in total. The molecule has 0 saturated carbocycles. The van der Waals surface area contributed by atoms with Crippen LogP contribution in [0, 0.1) is 0 Å². The van der Waals surface area contributed by atoms with E-state index in [9.17, 15) is 0 Å². The highest BCUT2D eigenvalue weighted by Gasteiger charge is 2.23. The number of hydrogen-bond donors (Lipinski definition) is 2. The molecular weight excluding hydrogens is 685 g/mol. The van der Waals surface area contributed by atoms with Crippen molar-refractivity contribution in [2.24, 2.45) is 9.98 Å². The summed E-state index contributed by atoms with van der Waals surface area (Å²) in [6, 6.07) is 59.3. The van der Waals surface area contributed by atoms with Gasteiger partial charge in [-0.2, -0.15) is 0 Å². The second-order valence-corrected chi connectivity index (χ2v) is 14.0. The summed E-state index contributed by atoms with van der Waals surface area (Å²) in [6.45, 7) is 0.717. The maximum Gasteiger partial charge on any atom is 0.159 e. The van der Waals surface area contributed by atoms with E-state index in [0.29, 0.717) is 5.84 Å². The lowest BCUT2D eigenvalue weighted by atomic mass is 9.92. The predicted octanol–water partition coefficient (Wildman–Crippen LogP) is 10.9. The quantitative estimate of drug-likeness (QED) is 0.172. The van der Waals surface area contributed by atoms with Crippen molar-refractivity contribution in [3.8, 4) is 44.6 Å². The van der Waals surface area contributed by atoms with E-state index in [1.165, 1.54) is 16.7 Å². The molecule has 8 aromatic rings. The van der Waals surface area contributed by atoms with Crippen LogP contribution in [0.15, 0.2) is 192 Å². The predicted molar refractivity (Wildman–Crippen MR) is 229 cm³/mol. The fourth-order valence-corrected chi connectivity index (χ4v) is 7.58. The summed E-state index contributed by atoms with van der Waals surface area (Å²) in [6.07, 6.45) is 5.57. The summed E-state index contributed by atoms with van der Waals surface area (Å²) in [5.74, 6) is 1.49. The number of nitrogens with zero attached hydrogens (tertiary/aromatic N) is 4. The zero-order chi connectivity index (χ0) is 37.3. The van der Waals surface area contributed by atoms with Gasteiger partial charge in [0.25, 0.3) is 0 Å². The molecule has 0 saturated heterocycles. The van der Waals surface area contributed by atoms with Crippen molar-refractivity contribution >= 4 is 28.8 Å². The molecule has 2 aliphatic rings. The first-order valence-electron chi connectivity index (χ1n) is 18.9. The average Bonchev–Trinajstić information content (AvgIpc) is 3.29. The van der Waals surface area contributed by atoms with E-state index in [2.05, 4.69) is 143 Å². The van der Waals surface area contributed by atoms with E-state index in [0.717, 1.165) is 79.2 Å². The average molecular weight is 721 g/mol. The fraction of sp³-hybridized carbons (Fsp3) is 0.0400. The normalized spacial score (nSPS) is 14.6. The molecule has 2 aromatic heterocycles. The third-order valence-electron chi connectivity index (χ3n) is 10.4. The molecule has 0 fully saturated rings. The summed E-state index contributed by atoms with van der Waals surface area (Å²) >= 11 is 0.